The van der Waals surface area contributed by atoms with E-state index in [2.05, 4.69) is 15.1 Å². The number of aromatic hydroxyl groups is 1. The predicted octanol–water partition coefficient (Wildman–Crippen LogP) is 3.81. The van der Waals surface area contributed by atoms with Gasteiger partial charge in [-0.15, -0.1) is 0 Å². The van der Waals surface area contributed by atoms with E-state index in [1.165, 1.54) is 12.3 Å². The fourth-order valence-corrected chi connectivity index (χ4v) is 2.12. The van der Waals surface area contributed by atoms with E-state index in [0.29, 0.717) is 21.3 Å². The summed E-state index contributed by atoms with van der Waals surface area (Å²) in [4.78, 5) is 8.28. The number of rotatable bonds is 2. The van der Waals surface area contributed by atoms with Crippen LogP contribution in [0, 0.1) is 0 Å². The largest absolute Gasteiger partial charge is 0.508 e. The van der Waals surface area contributed by atoms with Crippen LogP contribution in [0.3, 0.4) is 0 Å². The van der Waals surface area contributed by atoms with Crippen molar-refractivity contribution >= 4 is 23.2 Å². The van der Waals surface area contributed by atoms with Crippen LogP contribution in [0.5, 0.6) is 5.75 Å². The number of aromatic nitrogens is 3. The summed E-state index contributed by atoms with van der Waals surface area (Å²) in [5, 5.41) is 14.0. The van der Waals surface area contributed by atoms with Crippen LogP contribution in [-0.2, 0) is 0 Å². The van der Waals surface area contributed by atoms with Crippen molar-refractivity contribution in [1.82, 2.24) is 15.1 Å². The quantitative estimate of drug-likeness (QED) is 0.779. The highest BCUT2D eigenvalue weighted by molar-refractivity contribution is 6.35. The van der Waals surface area contributed by atoms with Crippen LogP contribution in [0.15, 0.2) is 41.1 Å². The van der Waals surface area contributed by atoms with Crippen LogP contribution >= 0.6 is 23.2 Å². The third-order valence-corrected chi connectivity index (χ3v) is 3.03. The van der Waals surface area contributed by atoms with E-state index in [1.807, 2.05) is 0 Å². The first-order valence-corrected chi connectivity index (χ1v) is 6.33. The molecule has 0 unspecified atom stereocenters. The molecule has 0 atom stereocenters. The fourth-order valence-electron chi connectivity index (χ4n) is 1.65. The molecule has 1 aromatic carbocycles. The van der Waals surface area contributed by atoms with Gasteiger partial charge in [0.1, 0.15) is 11.4 Å². The Labute approximate surface area is 123 Å². The molecule has 0 aliphatic carbocycles. The molecule has 0 radical (unpaired) electrons. The van der Waals surface area contributed by atoms with Gasteiger partial charge in [-0.25, -0.2) is 4.98 Å². The fraction of sp³-hybridized carbons (Fsp3) is 0. The highest BCUT2D eigenvalue weighted by atomic mass is 35.5. The van der Waals surface area contributed by atoms with Gasteiger partial charge in [-0.05, 0) is 24.3 Å². The standard InChI is InChI=1S/C13H7Cl2N3O2/c14-8-5-10(15)11(16-6-8)12-17-13(20-18-12)7-2-1-3-9(19)4-7/h1-6,19H. The number of hydrogen-bond donors (Lipinski definition) is 1. The second kappa shape index (κ2) is 5.11. The van der Waals surface area contributed by atoms with Gasteiger partial charge in [0.15, 0.2) is 0 Å². The molecular weight excluding hydrogens is 301 g/mol. The minimum Gasteiger partial charge on any atom is -0.508 e. The minimum absolute atomic E-state index is 0.116. The zero-order valence-corrected chi connectivity index (χ0v) is 11.4. The molecule has 0 amide bonds. The molecule has 100 valence electrons. The number of halogens is 2. The summed E-state index contributed by atoms with van der Waals surface area (Å²) >= 11 is 11.8. The smallest absolute Gasteiger partial charge is 0.258 e. The molecule has 7 heteroatoms. The van der Waals surface area contributed by atoms with Crippen molar-refractivity contribution in [2.24, 2.45) is 0 Å². The molecule has 0 aliphatic rings. The van der Waals surface area contributed by atoms with Gasteiger partial charge in [-0.1, -0.05) is 34.4 Å². The second-order valence-corrected chi connectivity index (χ2v) is 4.80. The van der Waals surface area contributed by atoms with E-state index in [0.717, 1.165) is 0 Å². The van der Waals surface area contributed by atoms with Gasteiger partial charge in [0.25, 0.3) is 5.89 Å². The monoisotopic (exact) mass is 307 g/mol. The average Bonchev–Trinajstić information content (AvgIpc) is 2.88. The third kappa shape index (κ3) is 2.45. The molecule has 0 saturated heterocycles. The molecule has 0 fully saturated rings. The molecule has 1 N–H and O–H groups in total. The van der Waals surface area contributed by atoms with Crippen molar-refractivity contribution < 1.29 is 9.63 Å². The Kier molecular flexibility index (Phi) is 3.30. The zero-order valence-electron chi connectivity index (χ0n) is 9.92. The van der Waals surface area contributed by atoms with Crippen molar-refractivity contribution in [3.05, 3.63) is 46.6 Å². The third-order valence-electron chi connectivity index (χ3n) is 2.54. The maximum atomic E-state index is 9.43. The van der Waals surface area contributed by atoms with Crippen LogP contribution in [-0.4, -0.2) is 20.2 Å². The van der Waals surface area contributed by atoms with Gasteiger partial charge in [0.2, 0.25) is 5.82 Å². The molecule has 2 aromatic heterocycles. The van der Waals surface area contributed by atoms with Gasteiger partial charge >= 0.3 is 0 Å². The first-order valence-electron chi connectivity index (χ1n) is 5.58. The molecule has 3 aromatic rings. The molecule has 2 heterocycles. The van der Waals surface area contributed by atoms with Gasteiger partial charge in [-0.2, -0.15) is 4.98 Å². The van der Waals surface area contributed by atoms with Crippen molar-refractivity contribution in [2.45, 2.75) is 0 Å². The van der Waals surface area contributed by atoms with E-state index in [1.54, 1.807) is 24.3 Å². The Balaban J connectivity index is 2.02. The molecule has 3 rings (SSSR count). The number of phenols is 1. The highest BCUT2D eigenvalue weighted by Crippen LogP contribution is 2.28. The Morgan fingerprint density at radius 2 is 2.00 bits per heavy atom. The lowest BCUT2D eigenvalue weighted by Crippen LogP contribution is -1.87. The molecule has 0 bridgehead atoms. The summed E-state index contributed by atoms with van der Waals surface area (Å²) in [7, 11) is 0. The van der Waals surface area contributed by atoms with Crippen molar-refractivity contribution in [2.75, 3.05) is 0 Å². The number of benzene rings is 1. The van der Waals surface area contributed by atoms with Gasteiger partial charge < -0.3 is 9.63 Å². The lowest BCUT2D eigenvalue weighted by Gasteiger charge is -1.97. The van der Waals surface area contributed by atoms with E-state index in [4.69, 9.17) is 27.7 Å². The van der Waals surface area contributed by atoms with E-state index in [9.17, 15) is 5.11 Å². The summed E-state index contributed by atoms with van der Waals surface area (Å²) in [6.45, 7) is 0. The SMILES string of the molecule is Oc1cccc(-c2nc(-c3ncc(Cl)cc3Cl)no2)c1. The average molecular weight is 308 g/mol. The van der Waals surface area contributed by atoms with E-state index < -0.39 is 0 Å². The maximum absolute atomic E-state index is 9.43. The molecule has 5 nitrogen and oxygen atoms in total. The van der Waals surface area contributed by atoms with Crippen LogP contribution < -0.4 is 0 Å². The summed E-state index contributed by atoms with van der Waals surface area (Å²) in [6, 6.07) is 8.05. The van der Waals surface area contributed by atoms with Crippen LogP contribution in [0.25, 0.3) is 23.0 Å². The van der Waals surface area contributed by atoms with Gasteiger partial charge in [0.05, 0.1) is 10.0 Å². The molecule has 0 spiro atoms. The Bertz CT molecular complexity index is 774. The van der Waals surface area contributed by atoms with Crippen molar-refractivity contribution in [1.29, 1.82) is 0 Å². The molecule has 20 heavy (non-hydrogen) atoms. The highest BCUT2D eigenvalue weighted by Gasteiger charge is 2.15. The lowest BCUT2D eigenvalue weighted by atomic mass is 10.2. The summed E-state index contributed by atoms with van der Waals surface area (Å²) in [6.07, 6.45) is 1.45. The van der Waals surface area contributed by atoms with Gasteiger partial charge in [0, 0.05) is 11.8 Å². The van der Waals surface area contributed by atoms with E-state index >= 15 is 0 Å². The lowest BCUT2D eigenvalue weighted by molar-refractivity contribution is 0.431. The second-order valence-electron chi connectivity index (χ2n) is 3.96. The first kappa shape index (κ1) is 12.9. The Hall–Kier alpha value is -2.11. The van der Waals surface area contributed by atoms with E-state index in [-0.39, 0.29) is 17.5 Å². The normalized spacial score (nSPS) is 10.7. The first-order chi connectivity index (χ1) is 9.63. The number of nitrogens with zero attached hydrogens (tertiary/aromatic N) is 3. The number of pyridine rings is 1. The van der Waals surface area contributed by atoms with Gasteiger partial charge in [-0.3, -0.25) is 0 Å². The number of hydrogen-bond acceptors (Lipinski definition) is 5. The van der Waals surface area contributed by atoms with Crippen molar-refractivity contribution in [3.63, 3.8) is 0 Å². The Morgan fingerprint density at radius 1 is 1.15 bits per heavy atom. The predicted molar refractivity (Wildman–Crippen MR) is 74.6 cm³/mol. The summed E-state index contributed by atoms with van der Waals surface area (Å²) < 4.78 is 5.14. The topological polar surface area (TPSA) is 72.0 Å². The molecule has 0 aliphatic heterocycles. The summed E-state index contributed by atoms with van der Waals surface area (Å²) in [5.41, 5.74) is 0.986. The van der Waals surface area contributed by atoms with Crippen LogP contribution in [0.1, 0.15) is 0 Å². The molecular formula is C13H7Cl2N3O2. The van der Waals surface area contributed by atoms with Crippen LogP contribution in [0.2, 0.25) is 10.0 Å². The Morgan fingerprint density at radius 3 is 2.75 bits per heavy atom. The van der Waals surface area contributed by atoms with Crippen molar-refractivity contribution in [3.8, 4) is 28.7 Å². The molecule has 0 saturated carbocycles. The minimum atomic E-state index is 0.116. The number of phenolic OH excluding ortho intramolecular Hbond substituents is 1. The van der Waals surface area contributed by atoms with Crippen LogP contribution in [0.4, 0.5) is 0 Å². The maximum Gasteiger partial charge on any atom is 0.258 e. The summed E-state index contributed by atoms with van der Waals surface area (Å²) in [5.74, 6) is 0.638. The zero-order chi connectivity index (χ0) is 14.1.